The lowest BCUT2D eigenvalue weighted by atomic mass is 9.97. The maximum absolute atomic E-state index is 14.4. The number of piperidine rings is 1. The van der Waals surface area contributed by atoms with Gasteiger partial charge in [-0.2, -0.15) is 8.78 Å². The van der Waals surface area contributed by atoms with Crippen LogP contribution in [-0.4, -0.2) is 48.1 Å². The van der Waals surface area contributed by atoms with Crippen LogP contribution < -0.4 is 0 Å². The first-order valence-corrected chi connectivity index (χ1v) is 8.09. The zero-order valence-electron chi connectivity index (χ0n) is 14.1. The first-order chi connectivity index (χ1) is 10.2. The van der Waals surface area contributed by atoms with Crippen LogP contribution in [0.5, 0.6) is 0 Å². The summed E-state index contributed by atoms with van der Waals surface area (Å²) in [6.45, 7) is 8.38. The van der Waals surface area contributed by atoms with Crippen molar-refractivity contribution in [2.24, 2.45) is 0 Å². The van der Waals surface area contributed by atoms with Gasteiger partial charge >= 0.3 is 0 Å². The summed E-state index contributed by atoms with van der Waals surface area (Å²) in [4.78, 5) is 4.28. The van der Waals surface area contributed by atoms with Crippen LogP contribution in [0.4, 0.5) is 8.78 Å². The molecule has 1 aliphatic heterocycles. The number of halogens is 2. The van der Waals surface area contributed by atoms with Crippen LogP contribution in [0, 0.1) is 0 Å². The maximum Gasteiger partial charge on any atom is 0.285 e. The molecule has 1 aromatic carbocycles. The molecule has 1 fully saturated rings. The number of benzene rings is 1. The third-order valence-corrected chi connectivity index (χ3v) is 4.68. The Kier molecular flexibility index (Phi) is 5.23. The number of likely N-dealkylation sites (N-methyl/N-ethyl adjacent to an activating group) is 1. The molecule has 1 heterocycles. The fourth-order valence-corrected chi connectivity index (χ4v) is 3.19. The van der Waals surface area contributed by atoms with Crippen LogP contribution in [0.15, 0.2) is 30.3 Å². The predicted octanol–water partition coefficient (Wildman–Crippen LogP) is 3.97. The lowest BCUT2D eigenvalue weighted by molar-refractivity contribution is -0.0495. The molecule has 0 aliphatic carbocycles. The highest BCUT2D eigenvalue weighted by Gasteiger charge is 2.36. The van der Waals surface area contributed by atoms with Gasteiger partial charge in [-0.1, -0.05) is 30.3 Å². The van der Waals surface area contributed by atoms with Crippen molar-refractivity contribution in [2.45, 2.75) is 51.1 Å². The summed E-state index contributed by atoms with van der Waals surface area (Å²) in [5, 5.41) is 0. The lowest BCUT2D eigenvalue weighted by Crippen LogP contribution is -2.51. The van der Waals surface area contributed by atoms with Crippen LogP contribution in [0.3, 0.4) is 0 Å². The fourth-order valence-electron chi connectivity index (χ4n) is 3.19. The molecule has 0 saturated carbocycles. The first kappa shape index (κ1) is 17.4. The van der Waals surface area contributed by atoms with E-state index in [9.17, 15) is 8.78 Å². The summed E-state index contributed by atoms with van der Waals surface area (Å²) in [7, 11) is 1.83. The second-order valence-electron chi connectivity index (χ2n) is 7.37. The minimum Gasteiger partial charge on any atom is -0.298 e. The minimum atomic E-state index is -2.79. The van der Waals surface area contributed by atoms with Gasteiger partial charge < -0.3 is 0 Å². The zero-order valence-corrected chi connectivity index (χ0v) is 14.1. The third kappa shape index (κ3) is 4.26. The van der Waals surface area contributed by atoms with Gasteiger partial charge in [-0.3, -0.25) is 9.80 Å². The van der Waals surface area contributed by atoms with E-state index in [0.717, 1.165) is 25.9 Å². The fraction of sp³-hybridized carbons (Fsp3) is 0.667. The van der Waals surface area contributed by atoms with Gasteiger partial charge in [0, 0.05) is 30.2 Å². The molecule has 0 atom stereocenters. The molecular formula is C18H28F2N2. The molecule has 2 rings (SSSR count). The van der Waals surface area contributed by atoms with Crippen molar-refractivity contribution in [1.29, 1.82) is 0 Å². The van der Waals surface area contributed by atoms with Gasteiger partial charge in [0.1, 0.15) is 0 Å². The van der Waals surface area contributed by atoms with Gasteiger partial charge in [0.25, 0.3) is 5.92 Å². The second-order valence-corrected chi connectivity index (χ2v) is 7.37. The van der Waals surface area contributed by atoms with Crippen LogP contribution in [0.2, 0.25) is 0 Å². The van der Waals surface area contributed by atoms with Crippen LogP contribution in [0.25, 0.3) is 0 Å². The van der Waals surface area contributed by atoms with Crippen LogP contribution >= 0.6 is 0 Å². The largest absolute Gasteiger partial charge is 0.298 e. The monoisotopic (exact) mass is 310 g/mol. The SMILES string of the molecule is CN(CC(F)(F)c1ccccc1)C1CCN(C(C)(C)C)CC1. The van der Waals surface area contributed by atoms with Crippen molar-refractivity contribution in [2.75, 3.05) is 26.7 Å². The van der Waals surface area contributed by atoms with E-state index in [1.54, 1.807) is 18.2 Å². The quantitative estimate of drug-likeness (QED) is 0.830. The summed E-state index contributed by atoms with van der Waals surface area (Å²) >= 11 is 0. The molecule has 0 amide bonds. The Morgan fingerprint density at radius 2 is 1.64 bits per heavy atom. The van der Waals surface area contributed by atoms with Gasteiger partial charge in [0.2, 0.25) is 0 Å². The molecule has 0 aromatic heterocycles. The average Bonchev–Trinajstić information content (AvgIpc) is 2.47. The molecule has 1 saturated heterocycles. The molecule has 2 nitrogen and oxygen atoms in total. The lowest BCUT2D eigenvalue weighted by Gasteiger charge is -2.43. The number of hydrogen-bond acceptors (Lipinski definition) is 2. The molecule has 0 radical (unpaired) electrons. The molecule has 0 N–H and O–H groups in total. The molecule has 22 heavy (non-hydrogen) atoms. The number of rotatable bonds is 4. The van der Waals surface area contributed by atoms with E-state index in [1.165, 1.54) is 12.1 Å². The van der Waals surface area contributed by atoms with Crippen molar-refractivity contribution in [3.05, 3.63) is 35.9 Å². The zero-order chi connectivity index (χ0) is 16.4. The summed E-state index contributed by atoms with van der Waals surface area (Å²) in [5.74, 6) is -2.79. The molecule has 0 unspecified atom stereocenters. The van der Waals surface area contributed by atoms with E-state index in [0.29, 0.717) is 0 Å². The van der Waals surface area contributed by atoms with E-state index >= 15 is 0 Å². The minimum absolute atomic E-state index is 0.106. The molecule has 124 valence electrons. The smallest absolute Gasteiger partial charge is 0.285 e. The van der Waals surface area contributed by atoms with Crippen molar-refractivity contribution < 1.29 is 8.78 Å². The second kappa shape index (κ2) is 6.63. The maximum atomic E-state index is 14.4. The number of alkyl halides is 2. The Morgan fingerprint density at radius 1 is 1.09 bits per heavy atom. The van der Waals surface area contributed by atoms with Gasteiger partial charge in [0.15, 0.2) is 0 Å². The first-order valence-electron chi connectivity index (χ1n) is 8.09. The molecule has 0 spiro atoms. The van der Waals surface area contributed by atoms with Crippen molar-refractivity contribution in [3.63, 3.8) is 0 Å². The third-order valence-electron chi connectivity index (χ3n) is 4.68. The molecule has 1 aliphatic rings. The van der Waals surface area contributed by atoms with Crippen LogP contribution in [-0.2, 0) is 5.92 Å². The molecular weight excluding hydrogens is 282 g/mol. The number of hydrogen-bond donors (Lipinski definition) is 0. The summed E-state index contributed by atoms with van der Waals surface area (Å²) < 4.78 is 28.8. The van der Waals surface area contributed by atoms with Gasteiger partial charge in [-0.15, -0.1) is 0 Å². The van der Waals surface area contributed by atoms with E-state index in [-0.39, 0.29) is 23.7 Å². The Morgan fingerprint density at radius 3 is 2.14 bits per heavy atom. The highest BCUT2D eigenvalue weighted by atomic mass is 19.3. The van der Waals surface area contributed by atoms with E-state index < -0.39 is 5.92 Å². The van der Waals surface area contributed by atoms with E-state index in [4.69, 9.17) is 0 Å². The Bertz CT molecular complexity index is 460. The van der Waals surface area contributed by atoms with Crippen molar-refractivity contribution in [3.8, 4) is 0 Å². The summed E-state index contributed by atoms with van der Waals surface area (Å²) in [6, 6.07) is 8.38. The molecule has 4 heteroatoms. The van der Waals surface area contributed by atoms with Crippen molar-refractivity contribution >= 4 is 0 Å². The standard InChI is InChI=1S/C18H28F2N2/c1-17(2,3)22-12-10-16(11-13-22)21(4)14-18(19,20)15-8-6-5-7-9-15/h5-9,16H,10-14H2,1-4H3. The summed E-state index contributed by atoms with van der Waals surface area (Å²) in [6.07, 6.45) is 1.91. The number of likely N-dealkylation sites (tertiary alicyclic amines) is 1. The number of nitrogens with zero attached hydrogens (tertiary/aromatic N) is 2. The molecule has 1 aromatic rings. The van der Waals surface area contributed by atoms with Crippen molar-refractivity contribution in [1.82, 2.24) is 9.80 Å². The molecule has 0 bridgehead atoms. The topological polar surface area (TPSA) is 6.48 Å². The van der Waals surface area contributed by atoms with Gasteiger partial charge in [0.05, 0.1) is 6.54 Å². The van der Waals surface area contributed by atoms with Gasteiger partial charge in [-0.05, 0) is 40.7 Å². The highest BCUT2D eigenvalue weighted by Crippen LogP contribution is 2.30. The van der Waals surface area contributed by atoms with Gasteiger partial charge in [-0.25, -0.2) is 0 Å². The predicted molar refractivity (Wildman–Crippen MR) is 87.3 cm³/mol. The van der Waals surface area contributed by atoms with E-state index in [1.807, 2.05) is 11.9 Å². The van der Waals surface area contributed by atoms with Crippen LogP contribution in [0.1, 0.15) is 39.2 Å². The Hall–Kier alpha value is -1.00. The summed E-state index contributed by atoms with van der Waals surface area (Å²) in [5.41, 5.74) is 0.270. The van der Waals surface area contributed by atoms with E-state index in [2.05, 4.69) is 25.7 Å². The normalized spacial score (nSPS) is 18.9. The Labute approximate surface area is 133 Å². The highest BCUT2D eigenvalue weighted by molar-refractivity contribution is 5.20. The Balaban J connectivity index is 1.92. The average molecular weight is 310 g/mol.